The first-order valence-electron chi connectivity index (χ1n) is 15.6. The van der Waals surface area contributed by atoms with Crippen molar-refractivity contribution in [2.45, 2.75) is 13.8 Å². The van der Waals surface area contributed by atoms with Gasteiger partial charge in [-0.3, -0.25) is 14.4 Å². The van der Waals surface area contributed by atoms with E-state index >= 15 is 0 Å². The van der Waals surface area contributed by atoms with Gasteiger partial charge >= 0.3 is 23.9 Å². The number of furan rings is 1. The van der Waals surface area contributed by atoms with E-state index in [1.807, 2.05) is 30.0 Å². The number of carbonyl (C=O) groups is 4. The maximum atomic E-state index is 12.5. The molecule has 0 fully saturated rings. The number of methoxy groups -OCH3 is 2. The molecule has 0 aliphatic carbocycles. The number of fused-ring (bicyclic) bond motifs is 3. The van der Waals surface area contributed by atoms with Crippen LogP contribution in [0.5, 0.6) is 11.5 Å². The SMILES string of the molecule is COC(=O)CN1CCOCCN(CC(=O)OC)c2cc3oc(-c4ncc(C(=O)OCOC(C)=O)o4)cc3cc2OCCOc2cc(C)ccc21. The minimum Gasteiger partial charge on any atom is -0.488 e. The second kappa shape index (κ2) is 16.6. The van der Waals surface area contributed by atoms with Crippen LogP contribution >= 0.6 is 0 Å². The van der Waals surface area contributed by atoms with Crippen molar-refractivity contribution in [3.63, 3.8) is 0 Å². The molecule has 4 aromatic rings. The van der Waals surface area contributed by atoms with Crippen LogP contribution in [-0.4, -0.2) is 102 Å². The standard InChI is InChI=1S/C34H37N3O13/c1-21-5-6-24-27(13-21)45-11-12-46-28-14-23-15-29(33-35-17-30(50-33)34(41)48-20-47-22(2)38)49-26(23)16-25(28)37(19-32(40)43-4)8-10-44-9-7-36(24)18-31(39)42-3/h5-6,13-17H,7-12,18-20H2,1-4H3. The van der Waals surface area contributed by atoms with Gasteiger partial charge in [-0.05, 0) is 36.8 Å². The Balaban J connectivity index is 1.44. The number of aromatic nitrogens is 1. The largest absolute Gasteiger partial charge is 0.488 e. The summed E-state index contributed by atoms with van der Waals surface area (Å²) >= 11 is 0. The number of benzene rings is 2. The third-order valence-corrected chi connectivity index (χ3v) is 7.47. The van der Waals surface area contributed by atoms with Crippen molar-refractivity contribution in [1.29, 1.82) is 0 Å². The van der Waals surface area contributed by atoms with E-state index in [-0.39, 0.29) is 63.5 Å². The molecule has 1 aliphatic rings. The molecule has 0 bridgehead atoms. The molecule has 0 saturated heterocycles. The molecule has 266 valence electrons. The minimum atomic E-state index is -0.879. The third-order valence-electron chi connectivity index (χ3n) is 7.47. The number of oxazole rings is 1. The summed E-state index contributed by atoms with van der Waals surface area (Å²) in [5.41, 5.74) is 2.60. The molecule has 3 heterocycles. The molecule has 16 heteroatoms. The quantitative estimate of drug-likeness (QED) is 0.148. The van der Waals surface area contributed by atoms with E-state index in [1.54, 1.807) is 23.1 Å². The second-order valence-corrected chi connectivity index (χ2v) is 11.0. The van der Waals surface area contributed by atoms with Crippen LogP contribution in [0.2, 0.25) is 0 Å². The highest BCUT2D eigenvalue weighted by molar-refractivity contribution is 5.90. The number of esters is 4. The zero-order valence-corrected chi connectivity index (χ0v) is 28.1. The van der Waals surface area contributed by atoms with Gasteiger partial charge in [0, 0.05) is 31.5 Å². The van der Waals surface area contributed by atoms with Gasteiger partial charge in [-0.15, -0.1) is 0 Å². The van der Waals surface area contributed by atoms with Gasteiger partial charge < -0.3 is 51.8 Å². The van der Waals surface area contributed by atoms with E-state index in [4.69, 9.17) is 37.3 Å². The molecular formula is C34H37N3O13. The maximum Gasteiger partial charge on any atom is 0.378 e. The maximum absolute atomic E-state index is 12.5. The monoisotopic (exact) mass is 695 g/mol. The Morgan fingerprint density at radius 2 is 1.46 bits per heavy atom. The zero-order valence-electron chi connectivity index (χ0n) is 28.1. The minimum absolute atomic E-state index is 0.00234. The van der Waals surface area contributed by atoms with Gasteiger partial charge in [-0.1, -0.05) is 6.07 Å². The molecule has 0 N–H and O–H groups in total. The summed E-state index contributed by atoms with van der Waals surface area (Å²) in [7, 11) is 2.64. The molecule has 0 radical (unpaired) electrons. The lowest BCUT2D eigenvalue weighted by Crippen LogP contribution is -2.36. The lowest BCUT2D eigenvalue weighted by atomic mass is 10.2. The van der Waals surface area contributed by atoms with Gasteiger partial charge in [0.05, 0.1) is 45.0 Å². The topological polar surface area (TPSA) is 179 Å². The Hall–Kier alpha value is -5.77. The van der Waals surface area contributed by atoms with Crippen molar-refractivity contribution in [3.05, 3.63) is 53.9 Å². The molecule has 50 heavy (non-hydrogen) atoms. The predicted octanol–water partition coefficient (Wildman–Crippen LogP) is 3.52. The Morgan fingerprint density at radius 1 is 0.800 bits per heavy atom. The van der Waals surface area contributed by atoms with Crippen LogP contribution in [-0.2, 0) is 38.1 Å². The predicted molar refractivity (Wildman–Crippen MR) is 175 cm³/mol. The number of carbonyl (C=O) groups excluding carboxylic acids is 4. The molecular weight excluding hydrogens is 658 g/mol. The van der Waals surface area contributed by atoms with E-state index in [1.165, 1.54) is 27.3 Å². The highest BCUT2D eigenvalue weighted by atomic mass is 16.7. The number of ether oxygens (including phenoxy) is 7. The summed E-state index contributed by atoms with van der Waals surface area (Å²) in [6.45, 7) is 3.80. The van der Waals surface area contributed by atoms with Gasteiger partial charge in [0.25, 0.3) is 5.89 Å². The lowest BCUT2D eigenvalue weighted by Gasteiger charge is -2.26. The summed E-state index contributed by atoms with van der Waals surface area (Å²) in [4.78, 5) is 55.7. The fraction of sp³-hybridized carbons (Fsp3) is 0.382. The molecule has 0 saturated carbocycles. The van der Waals surface area contributed by atoms with Crippen LogP contribution in [0.3, 0.4) is 0 Å². The molecule has 0 atom stereocenters. The molecule has 5 rings (SSSR count). The van der Waals surface area contributed by atoms with Crippen molar-refractivity contribution < 1.29 is 61.2 Å². The van der Waals surface area contributed by atoms with E-state index in [0.29, 0.717) is 40.4 Å². The lowest BCUT2D eigenvalue weighted by molar-refractivity contribution is -0.149. The molecule has 1 aliphatic heterocycles. The molecule has 2 aromatic heterocycles. The summed E-state index contributed by atoms with van der Waals surface area (Å²) in [5.74, 6) is -1.41. The number of nitrogens with zero attached hydrogens (tertiary/aromatic N) is 3. The van der Waals surface area contributed by atoms with Crippen molar-refractivity contribution in [1.82, 2.24) is 4.98 Å². The number of hydrogen-bond acceptors (Lipinski definition) is 16. The number of rotatable bonds is 8. The Morgan fingerprint density at radius 3 is 2.12 bits per heavy atom. The van der Waals surface area contributed by atoms with Gasteiger partial charge in [0.1, 0.15) is 43.4 Å². The molecule has 0 spiro atoms. The first kappa shape index (κ1) is 35.5. The summed E-state index contributed by atoms with van der Waals surface area (Å²) in [6.07, 6.45) is 1.17. The van der Waals surface area contributed by atoms with Gasteiger partial charge in [-0.2, -0.15) is 0 Å². The van der Waals surface area contributed by atoms with Crippen LogP contribution in [0, 0.1) is 6.92 Å². The summed E-state index contributed by atoms with van der Waals surface area (Å²) in [6, 6.07) is 10.8. The Kier molecular flexibility index (Phi) is 11.8. The second-order valence-electron chi connectivity index (χ2n) is 11.0. The van der Waals surface area contributed by atoms with Crippen LogP contribution in [0.25, 0.3) is 22.6 Å². The van der Waals surface area contributed by atoms with Crippen molar-refractivity contribution in [2.24, 2.45) is 0 Å². The fourth-order valence-electron chi connectivity index (χ4n) is 5.01. The fourth-order valence-corrected chi connectivity index (χ4v) is 5.01. The average molecular weight is 696 g/mol. The molecule has 2 aromatic carbocycles. The normalized spacial score (nSPS) is 13.8. The smallest absolute Gasteiger partial charge is 0.378 e. The van der Waals surface area contributed by atoms with Gasteiger partial charge in [0.2, 0.25) is 12.6 Å². The zero-order chi connectivity index (χ0) is 35.6. The highest BCUT2D eigenvalue weighted by Crippen LogP contribution is 2.38. The first-order chi connectivity index (χ1) is 24.1. The number of aryl methyl sites for hydroxylation is 1. The molecule has 0 amide bonds. The van der Waals surface area contributed by atoms with Crippen molar-refractivity contribution in [2.75, 3.05) is 83.4 Å². The molecule has 16 nitrogen and oxygen atoms in total. The van der Waals surface area contributed by atoms with Crippen molar-refractivity contribution >= 4 is 46.2 Å². The van der Waals surface area contributed by atoms with Crippen LogP contribution in [0.4, 0.5) is 11.4 Å². The van der Waals surface area contributed by atoms with Crippen LogP contribution in [0.1, 0.15) is 23.0 Å². The Labute approximate surface area is 286 Å². The van der Waals surface area contributed by atoms with E-state index in [0.717, 1.165) is 5.56 Å². The van der Waals surface area contributed by atoms with Crippen molar-refractivity contribution in [3.8, 4) is 23.1 Å². The highest BCUT2D eigenvalue weighted by Gasteiger charge is 2.23. The van der Waals surface area contributed by atoms with E-state index < -0.39 is 30.7 Å². The molecule has 0 unspecified atom stereocenters. The van der Waals surface area contributed by atoms with Gasteiger partial charge in [0.15, 0.2) is 5.76 Å². The summed E-state index contributed by atoms with van der Waals surface area (Å²) < 4.78 is 49.4. The third kappa shape index (κ3) is 9.02. The average Bonchev–Trinajstić information content (AvgIpc) is 3.75. The summed E-state index contributed by atoms with van der Waals surface area (Å²) in [5, 5.41) is 0.614. The van der Waals surface area contributed by atoms with E-state index in [2.05, 4.69) is 9.72 Å². The Bertz CT molecular complexity index is 1830. The number of anilines is 2. The number of hydrogen-bond donors (Lipinski definition) is 0. The van der Waals surface area contributed by atoms with Gasteiger partial charge in [-0.25, -0.2) is 9.78 Å². The van der Waals surface area contributed by atoms with E-state index in [9.17, 15) is 19.2 Å². The van der Waals surface area contributed by atoms with Crippen LogP contribution < -0.4 is 19.3 Å². The first-order valence-corrected chi connectivity index (χ1v) is 15.6. The van der Waals surface area contributed by atoms with Crippen LogP contribution in [0.15, 0.2) is 51.4 Å².